The van der Waals surface area contributed by atoms with Gasteiger partial charge in [-0.2, -0.15) is 0 Å². The van der Waals surface area contributed by atoms with Crippen LogP contribution in [-0.4, -0.2) is 33.4 Å². The topological polar surface area (TPSA) is 55.2 Å². The van der Waals surface area contributed by atoms with Crippen LogP contribution in [0.25, 0.3) is 10.9 Å². The van der Waals surface area contributed by atoms with Gasteiger partial charge in [-0.3, -0.25) is 14.2 Å². The van der Waals surface area contributed by atoms with Crippen LogP contribution >= 0.6 is 0 Å². The Morgan fingerprint density at radius 2 is 1.93 bits per heavy atom. The van der Waals surface area contributed by atoms with E-state index in [4.69, 9.17) is 0 Å². The van der Waals surface area contributed by atoms with Crippen molar-refractivity contribution in [1.82, 2.24) is 14.5 Å². The predicted molar refractivity (Wildman–Crippen MR) is 106 cm³/mol. The number of carbonyl (C=O) groups excluding carboxylic acids is 1. The van der Waals surface area contributed by atoms with Crippen molar-refractivity contribution in [3.05, 3.63) is 76.3 Å². The molecule has 1 saturated heterocycles. The Balaban J connectivity index is 1.55. The second-order valence-electron chi connectivity index (χ2n) is 7.21. The van der Waals surface area contributed by atoms with E-state index in [2.05, 4.69) is 4.98 Å². The maximum absolute atomic E-state index is 12.9. The van der Waals surface area contributed by atoms with Gasteiger partial charge in [0.25, 0.3) is 5.56 Å². The number of para-hydroxylation sites is 1. The quantitative estimate of drug-likeness (QED) is 0.720. The summed E-state index contributed by atoms with van der Waals surface area (Å²) in [7, 11) is 0. The standard InChI is InChI=1S/C22H23N3O2/c1-16-7-2-3-8-17(16)13-21(26)24-12-6-9-18(14-24)25-15-23-20-11-5-4-10-19(20)22(25)27/h2-5,7-8,10-11,15,18H,6,9,12-14H2,1H3. The van der Waals surface area contributed by atoms with Crippen LogP contribution in [-0.2, 0) is 11.2 Å². The van der Waals surface area contributed by atoms with Gasteiger partial charge in [-0.05, 0) is 43.0 Å². The average Bonchev–Trinajstić information content (AvgIpc) is 2.70. The minimum Gasteiger partial charge on any atom is -0.340 e. The van der Waals surface area contributed by atoms with Gasteiger partial charge in [-0.1, -0.05) is 36.4 Å². The van der Waals surface area contributed by atoms with Gasteiger partial charge in [-0.25, -0.2) is 4.98 Å². The second-order valence-corrected chi connectivity index (χ2v) is 7.21. The van der Waals surface area contributed by atoms with Crippen LogP contribution in [0, 0.1) is 6.92 Å². The molecular weight excluding hydrogens is 338 g/mol. The summed E-state index contributed by atoms with van der Waals surface area (Å²) in [6.45, 7) is 3.34. The minimum absolute atomic E-state index is 0.0239. The van der Waals surface area contributed by atoms with E-state index in [1.54, 1.807) is 10.9 Å². The first-order chi connectivity index (χ1) is 13.1. The molecule has 1 unspecified atom stereocenters. The lowest BCUT2D eigenvalue weighted by Gasteiger charge is -2.33. The monoisotopic (exact) mass is 361 g/mol. The molecule has 0 aliphatic carbocycles. The fourth-order valence-corrected chi connectivity index (χ4v) is 3.83. The van der Waals surface area contributed by atoms with Gasteiger partial charge >= 0.3 is 0 Å². The third kappa shape index (κ3) is 3.50. The molecule has 1 fully saturated rings. The lowest BCUT2D eigenvalue weighted by Crippen LogP contribution is -2.43. The Morgan fingerprint density at radius 3 is 2.78 bits per heavy atom. The normalized spacial score (nSPS) is 17.2. The van der Waals surface area contributed by atoms with E-state index in [0.717, 1.165) is 30.5 Å². The summed E-state index contributed by atoms with van der Waals surface area (Å²) in [5.41, 5.74) is 2.88. The molecule has 0 N–H and O–H groups in total. The van der Waals surface area contributed by atoms with E-state index in [1.165, 1.54) is 0 Å². The third-order valence-corrected chi connectivity index (χ3v) is 5.44. The molecule has 0 spiro atoms. The summed E-state index contributed by atoms with van der Waals surface area (Å²) in [4.78, 5) is 32.0. The van der Waals surface area contributed by atoms with Crippen LogP contribution in [0.5, 0.6) is 0 Å². The zero-order valence-corrected chi connectivity index (χ0v) is 15.5. The molecule has 2 heterocycles. The number of nitrogens with zero attached hydrogens (tertiary/aromatic N) is 3. The Morgan fingerprint density at radius 1 is 1.15 bits per heavy atom. The summed E-state index contributed by atoms with van der Waals surface area (Å²) in [6.07, 6.45) is 3.81. The Kier molecular flexibility index (Phi) is 4.75. The Hall–Kier alpha value is -2.95. The van der Waals surface area contributed by atoms with Gasteiger partial charge in [-0.15, -0.1) is 0 Å². The summed E-state index contributed by atoms with van der Waals surface area (Å²) in [5, 5.41) is 0.628. The van der Waals surface area contributed by atoms with Crippen molar-refractivity contribution < 1.29 is 4.79 Å². The molecule has 138 valence electrons. The van der Waals surface area contributed by atoms with Crippen molar-refractivity contribution in [2.24, 2.45) is 0 Å². The van der Waals surface area contributed by atoms with Crippen molar-refractivity contribution in [1.29, 1.82) is 0 Å². The van der Waals surface area contributed by atoms with Crippen LogP contribution in [0.15, 0.2) is 59.7 Å². The summed E-state index contributed by atoms with van der Waals surface area (Å²) < 4.78 is 1.70. The number of amides is 1. The Labute approximate surface area is 158 Å². The number of benzene rings is 2. The van der Waals surface area contributed by atoms with E-state index in [9.17, 15) is 9.59 Å². The van der Waals surface area contributed by atoms with E-state index in [0.29, 0.717) is 23.9 Å². The van der Waals surface area contributed by atoms with E-state index >= 15 is 0 Å². The van der Waals surface area contributed by atoms with Gasteiger partial charge in [0, 0.05) is 13.1 Å². The lowest BCUT2D eigenvalue weighted by molar-refractivity contribution is -0.132. The summed E-state index contributed by atoms with van der Waals surface area (Å²) >= 11 is 0. The van der Waals surface area contributed by atoms with Gasteiger partial charge in [0.2, 0.25) is 5.91 Å². The first-order valence-electron chi connectivity index (χ1n) is 9.41. The number of aryl methyl sites for hydroxylation is 1. The van der Waals surface area contributed by atoms with Crippen LogP contribution < -0.4 is 5.56 Å². The predicted octanol–water partition coefficient (Wildman–Crippen LogP) is 3.11. The SMILES string of the molecule is Cc1ccccc1CC(=O)N1CCCC(n2cnc3ccccc3c2=O)C1. The van der Waals surface area contributed by atoms with Crippen molar-refractivity contribution in [2.45, 2.75) is 32.2 Å². The van der Waals surface area contributed by atoms with Crippen molar-refractivity contribution in [2.75, 3.05) is 13.1 Å². The second kappa shape index (κ2) is 7.35. The highest BCUT2D eigenvalue weighted by Gasteiger charge is 2.26. The number of aromatic nitrogens is 2. The van der Waals surface area contributed by atoms with Crippen LogP contribution in [0.3, 0.4) is 0 Å². The molecule has 1 aliphatic heterocycles. The zero-order chi connectivity index (χ0) is 18.8. The fraction of sp³-hybridized carbons (Fsp3) is 0.318. The highest BCUT2D eigenvalue weighted by Crippen LogP contribution is 2.22. The molecule has 5 heteroatoms. The number of piperidine rings is 1. The largest absolute Gasteiger partial charge is 0.340 e. The first-order valence-corrected chi connectivity index (χ1v) is 9.41. The molecule has 0 saturated carbocycles. The van der Waals surface area contributed by atoms with Gasteiger partial charge in [0.15, 0.2) is 0 Å². The third-order valence-electron chi connectivity index (χ3n) is 5.44. The maximum Gasteiger partial charge on any atom is 0.261 e. The highest BCUT2D eigenvalue weighted by molar-refractivity contribution is 5.79. The molecule has 2 aromatic carbocycles. The molecular formula is C22H23N3O2. The van der Waals surface area contributed by atoms with E-state index in [1.807, 2.05) is 60.4 Å². The van der Waals surface area contributed by atoms with Gasteiger partial charge in [0.1, 0.15) is 0 Å². The molecule has 4 rings (SSSR count). The summed E-state index contributed by atoms with van der Waals surface area (Å²) in [6, 6.07) is 15.4. The molecule has 0 radical (unpaired) electrons. The number of hydrogen-bond acceptors (Lipinski definition) is 3. The van der Waals surface area contributed by atoms with E-state index < -0.39 is 0 Å². The number of hydrogen-bond donors (Lipinski definition) is 0. The van der Waals surface area contributed by atoms with E-state index in [-0.39, 0.29) is 17.5 Å². The van der Waals surface area contributed by atoms with Crippen molar-refractivity contribution in [3.8, 4) is 0 Å². The lowest BCUT2D eigenvalue weighted by atomic mass is 10.0. The highest BCUT2D eigenvalue weighted by atomic mass is 16.2. The molecule has 1 aromatic heterocycles. The smallest absolute Gasteiger partial charge is 0.261 e. The Bertz CT molecular complexity index is 1040. The molecule has 5 nitrogen and oxygen atoms in total. The molecule has 0 bridgehead atoms. The number of fused-ring (bicyclic) bond motifs is 1. The van der Waals surface area contributed by atoms with Crippen LogP contribution in [0.1, 0.15) is 30.0 Å². The molecule has 1 atom stereocenters. The average molecular weight is 361 g/mol. The molecule has 1 amide bonds. The molecule has 27 heavy (non-hydrogen) atoms. The fourth-order valence-electron chi connectivity index (χ4n) is 3.83. The zero-order valence-electron chi connectivity index (χ0n) is 15.5. The van der Waals surface area contributed by atoms with Gasteiger partial charge in [0.05, 0.1) is 29.7 Å². The summed E-state index contributed by atoms with van der Waals surface area (Å²) in [5.74, 6) is 0.121. The van der Waals surface area contributed by atoms with Crippen LogP contribution in [0.4, 0.5) is 0 Å². The maximum atomic E-state index is 12.9. The van der Waals surface area contributed by atoms with Crippen molar-refractivity contribution >= 4 is 16.8 Å². The number of carbonyl (C=O) groups is 1. The van der Waals surface area contributed by atoms with Gasteiger partial charge < -0.3 is 4.90 Å². The minimum atomic E-state index is -0.0289. The number of rotatable bonds is 3. The molecule has 1 aliphatic rings. The molecule has 3 aromatic rings. The number of likely N-dealkylation sites (tertiary alicyclic amines) is 1. The van der Waals surface area contributed by atoms with Crippen molar-refractivity contribution in [3.63, 3.8) is 0 Å². The first kappa shape index (κ1) is 17.5. The van der Waals surface area contributed by atoms with Crippen LogP contribution in [0.2, 0.25) is 0 Å².